The Morgan fingerprint density at radius 3 is 2.47 bits per heavy atom. The lowest BCUT2D eigenvalue weighted by Gasteiger charge is -2.47. The summed E-state index contributed by atoms with van der Waals surface area (Å²) in [5.41, 5.74) is -0.461. The summed E-state index contributed by atoms with van der Waals surface area (Å²) in [7, 11) is 0. The van der Waals surface area contributed by atoms with Crippen LogP contribution in [-0.4, -0.2) is 58.6 Å². The molecule has 0 radical (unpaired) electrons. The molecule has 0 aromatic heterocycles. The number of hydrogen-bond donors (Lipinski definition) is 1. The van der Waals surface area contributed by atoms with Gasteiger partial charge >= 0.3 is 0 Å². The molecular weight excluding hydrogens is 216 g/mol. The Morgan fingerprint density at radius 2 is 2.00 bits per heavy atom. The van der Waals surface area contributed by atoms with Crippen molar-refractivity contribution in [3.63, 3.8) is 0 Å². The monoisotopic (exact) mass is 238 g/mol. The molecule has 17 heavy (non-hydrogen) atoms. The largest absolute Gasteiger partial charge is 0.387 e. The van der Waals surface area contributed by atoms with Crippen LogP contribution in [0.2, 0.25) is 0 Å². The van der Waals surface area contributed by atoms with Gasteiger partial charge < -0.3 is 10.0 Å². The van der Waals surface area contributed by atoms with E-state index >= 15 is 0 Å². The van der Waals surface area contributed by atoms with Crippen molar-refractivity contribution in [3.05, 3.63) is 0 Å². The van der Waals surface area contributed by atoms with Crippen LogP contribution in [0.3, 0.4) is 0 Å². The minimum atomic E-state index is -0.461. The highest BCUT2D eigenvalue weighted by Crippen LogP contribution is 2.44. The second kappa shape index (κ2) is 3.95. The molecular formula is C13H22N2O2. The lowest BCUT2D eigenvalue weighted by atomic mass is 9.89. The molecule has 1 N–H and O–H groups in total. The number of rotatable bonds is 5. The average molecular weight is 238 g/mol. The molecule has 1 saturated heterocycles. The molecule has 0 aromatic rings. The van der Waals surface area contributed by atoms with Crippen molar-refractivity contribution in [2.45, 2.75) is 44.2 Å². The highest BCUT2D eigenvalue weighted by atomic mass is 16.3. The van der Waals surface area contributed by atoms with Gasteiger partial charge in [0.1, 0.15) is 0 Å². The van der Waals surface area contributed by atoms with Gasteiger partial charge in [-0.2, -0.15) is 0 Å². The second-order valence-electron chi connectivity index (χ2n) is 5.93. The quantitative estimate of drug-likeness (QED) is 0.756. The van der Waals surface area contributed by atoms with E-state index in [4.69, 9.17) is 0 Å². The minimum absolute atomic E-state index is 0.243. The van der Waals surface area contributed by atoms with E-state index in [1.165, 1.54) is 25.7 Å². The van der Waals surface area contributed by atoms with E-state index in [9.17, 15) is 9.90 Å². The highest BCUT2D eigenvalue weighted by molar-refractivity contribution is 5.79. The maximum atomic E-state index is 12.1. The molecule has 0 spiro atoms. The summed E-state index contributed by atoms with van der Waals surface area (Å²) in [6, 6.07) is 0.510. The van der Waals surface area contributed by atoms with Gasteiger partial charge in [-0.15, -0.1) is 0 Å². The van der Waals surface area contributed by atoms with Crippen molar-refractivity contribution >= 4 is 5.91 Å². The first-order chi connectivity index (χ1) is 8.12. The smallest absolute Gasteiger partial charge is 0.236 e. The van der Waals surface area contributed by atoms with E-state index in [1.807, 2.05) is 11.8 Å². The highest BCUT2D eigenvalue weighted by Gasteiger charge is 2.52. The molecule has 0 bridgehead atoms. The molecule has 3 aliphatic rings. The maximum absolute atomic E-state index is 12.1. The summed E-state index contributed by atoms with van der Waals surface area (Å²) in [6.07, 6.45) is 4.68. The summed E-state index contributed by atoms with van der Waals surface area (Å²) in [5, 5.41) is 10.2. The SMILES string of the molecule is CCN(C(=O)CN1CC(O)(C2CC2)C1)C1CC1. The Kier molecular flexibility index (Phi) is 2.67. The number of carbonyl (C=O) groups excluding carboxylic acids is 1. The van der Waals surface area contributed by atoms with Crippen LogP contribution in [0, 0.1) is 5.92 Å². The van der Waals surface area contributed by atoms with Crippen LogP contribution in [0.15, 0.2) is 0 Å². The van der Waals surface area contributed by atoms with Gasteiger partial charge in [-0.3, -0.25) is 9.69 Å². The van der Waals surface area contributed by atoms with Crippen molar-refractivity contribution in [2.75, 3.05) is 26.2 Å². The van der Waals surface area contributed by atoms with E-state index in [-0.39, 0.29) is 5.91 Å². The number of hydrogen-bond acceptors (Lipinski definition) is 3. The van der Waals surface area contributed by atoms with Gasteiger partial charge in [-0.1, -0.05) is 0 Å². The molecule has 1 aliphatic heterocycles. The molecule has 4 heteroatoms. The Balaban J connectivity index is 1.46. The zero-order valence-corrected chi connectivity index (χ0v) is 10.6. The van der Waals surface area contributed by atoms with Crippen LogP contribution in [0.1, 0.15) is 32.6 Å². The van der Waals surface area contributed by atoms with Gasteiger partial charge in [0.15, 0.2) is 0 Å². The van der Waals surface area contributed by atoms with E-state index in [0.717, 1.165) is 6.54 Å². The molecule has 1 heterocycles. The summed E-state index contributed by atoms with van der Waals surface area (Å²) in [4.78, 5) is 16.1. The molecule has 0 aromatic carbocycles. The number of likely N-dealkylation sites (tertiary alicyclic amines) is 1. The normalized spacial score (nSPS) is 27.6. The Morgan fingerprint density at radius 1 is 1.35 bits per heavy atom. The lowest BCUT2D eigenvalue weighted by Crippen LogP contribution is -2.64. The third-order valence-electron chi connectivity index (χ3n) is 4.34. The van der Waals surface area contributed by atoms with Crippen LogP contribution < -0.4 is 0 Å². The van der Waals surface area contributed by atoms with Crippen LogP contribution in [0.5, 0.6) is 0 Å². The lowest BCUT2D eigenvalue weighted by molar-refractivity contribution is -0.145. The Labute approximate surface area is 103 Å². The van der Waals surface area contributed by atoms with E-state index in [1.54, 1.807) is 0 Å². The molecule has 1 amide bonds. The van der Waals surface area contributed by atoms with E-state index < -0.39 is 5.60 Å². The van der Waals surface area contributed by atoms with Crippen LogP contribution in [0.4, 0.5) is 0 Å². The fourth-order valence-corrected chi connectivity index (χ4v) is 3.03. The fraction of sp³-hybridized carbons (Fsp3) is 0.923. The van der Waals surface area contributed by atoms with Gasteiger partial charge in [0.25, 0.3) is 0 Å². The second-order valence-corrected chi connectivity index (χ2v) is 5.93. The standard InChI is InChI=1S/C13H22N2O2/c1-2-15(11-5-6-11)12(16)7-14-8-13(17,9-14)10-3-4-10/h10-11,17H,2-9H2,1H3. The third kappa shape index (κ3) is 2.20. The van der Waals surface area contributed by atoms with Gasteiger partial charge in [0.2, 0.25) is 5.91 Å². The first kappa shape index (κ1) is 11.5. The number of likely N-dealkylation sites (N-methyl/N-ethyl adjacent to an activating group) is 1. The third-order valence-corrected chi connectivity index (χ3v) is 4.34. The Hall–Kier alpha value is -0.610. The maximum Gasteiger partial charge on any atom is 0.236 e. The predicted octanol–water partition coefficient (Wildman–Crippen LogP) is 0.454. The topological polar surface area (TPSA) is 43.8 Å². The molecule has 3 rings (SSSR count). The summed E-state index contributed by atoms with van der Waals surface area (Å²) in [6.45, 7) is 4.77. The zero-order chi connectivity index (χ0) is 12.0. The predicted molar refractivity (Wildman–Crippen MR) is 64.5 cm³/mol. The van der Waals surface area contributed by atoms with Crippen LogP contribution in [0.25, 0.3) is 0 Å². The van der Waals surface area contributed by atoms with E-state index in [0.29, 0.717) is 31.6 Å². The summed E-state index contributed by atoms with van der Waals surface area (Å²) >= 11 is 0. The Bertz CT molecular complexity index is 317. The minimum Gasteiger partial charge on any atom is -0.387 e. The summed E-state index contributed by atoms with van der Waals surface area (Å²) < 4.78 is 0. The first-order valence-electron chi connectivity index (χ1n) is 6.86. The van der Waals surface area contributed by atoms with Crippen LogP contribution in [-0.2, 0) is 4.79 Å². The van der Waals surface area contributed by atoms with Crippen LogP contribution >= 0.6 is 0 Å². The van der Waals surface area contributed by atoms with Gasteiger partial charge in [0, 0.05) is 25.7 Å². The molecule has 4 nitrogen and oxygen atoms in total. The number of amides is 1. The molecule has 3 fully saturated rings. The van der Waals surface area contributed by atoms with Gasteiger partial charge in [-0.25, -0.2) is 0 Å². The van der Waals surface area contributed by atoms with Gasteiger partial charge in [-0.05, 0) is 38.5 Å². The van der Waals surface area contributed by atoms with Crippen molar-refractivity contribution in [2.24, 2.45) is 5.92 Å². The first-order valence-corrected chi connectivity index (χ1v) is 6.86. The molecule has 0 atom stereocenters. The van der Waals surface area contributed by atoms with Crippen molar-refractivity contribution < 1.29 is 9.90 Å². The van der Waals surface area contributed by atoms with E-state index in [2.05, 4.69) is 4.90 Å². The molecule has 96 valence electrons. The fourth-order valence-electron chi connectivity index (χ4n) is 3.03. The number of carbonyl (C=O) groups is 1. The molecule has 2 aliphatic carbocycles. The number of aliphatic hydroxyl groups is 1. The molecule has 0 unspecified atom stereocenters. The number of nitrogens with zero attached hydrogens (tertiary/aromatic N) is 2. The van der Waals surface area contributed by atoms with Crippen molar-refractivity contribution in [3.8, 4) is 0 Å². The van der Waals surface area contributed by atoms with Gasteiger partial charge in [0.05, 0.1) is 12.1 Å². The average Bonchev–Trinajstić information content (AvgIpc) is 3.09. The zero-order valence-electron chi connectivity index (χ0n) is 10.6. The molecule has 2 saturated carbocycles. The van der Waals surface area contributed by atoms with Crippen molar-refractivity contribution in [1.29, 1.82) is 0 Å². The summed E-state index contributed by atoms with van der Waals surface area (Å²) in [5.74, 6) is 0.757. The number of β-amino-alcohol motifs (C(OH)–C–C–N with tert-alkyl or cyclic N) is 1. The van der Waals surface area contributed by atoms with Crippen molar-refractivity contribution in [1.82, 2.24) is 9.80 Å².